The summed E-state index contributed by atoms with van der Waals surface area (Å²) in [5.41, 5.74) is 5.16. The van der Waals surface area contributed by atoms with E-state index in [0.29, 0.717) is 0 Å². The fourth-order valence-electron chi connectivity index (χ4n) is 5.57. The number of urea groups is 1. The molecule has 3 saturated carbocycles. The van der Waals surface area contributed by atoms with Gasteiger partial charge >= 0.3 is 6.03 Å². The second-order valence-corrected chi connectivity index (χ2v) is 8.83. The molecule has 1 aromatic rings. The number of nitrogens with two attached hydrogens (primary N) is 1. The average Bonchev–Trinajstić information content (AvgIpc) is 3.15. The number of nitrogens with zero attached hydrogens (tertiary/aromatic N) is 2. The topological polar surface area (TPSA) is 115 Å². The maximum atomic E-state index is 12.9. The standard InChI is InChI=1S/C20H24N4O4/c21-15(25)14-4-3-7-22-16(14)28-13-10-19(11-13)8-12(9-19)24-17(26)20(23-18(24)27)5-1-2-6-20/h3-4,7,12-13H,1-2,5-6,8-11H2,(H2,21,25)(H,23,27). The zero-order valence-electron chi connectivity index (χ0n) is 15.6. The number of aromatic nitrogens is 1. The van der Waals surface area contributed by atoms with Crippen molar-refractivity contribution >= 4 is 17.8 Å². The minimum atomic E-state index is -0.630. The van der Waals surface area contributed by atoms with E-state index in [9.17, 15) is 14.4 Å². The van der Waals surface area contributed by atoms with Crippen LogP contribution in [0.15, 0.2) is 18.3 Å². The summed E-state index contributed by atoms with van der Waals surface area (Å²) in [6, 6.07) is 3.03. The zero-order chi connectivity index (χ0) is 19.5. The van der Waals surface area contributed by atoms with Crippen molar-refractivity contribution in [3.05, 3.63) is 23.9 Å². The molecule has 3 N–H and O–H groups in total. The van der Waals surface area contributed by atoms with E-state index >= 15 is 0 Å². The first-order valence-electron chi connectivity index (χ1n) is 9.99. The van der Waals surface area contributed by atoms with Gasteiger partial charge in [0.1, 0.15) is 17.2 Å². The van der Waals surface area contributed by atoms with Crippen molar-refractivity contribution < 1.29 is 19.1 Å². The molecule has 0 radical (unpaired) electrons. The Morgan fingerprint density at radius 3 is 2.61 bits per heavy atom. The van der Waals surface area contributed by atoms with Crippen LogP contribution in [-0.2, 0) is 4.79 Å². The van der Waals surface area contributed by atoms with Crippen LogP contribution < -0.4 is 15.8 Å². The largest absolute Gasteiger partial charge is 0.474 e. The van der Waals surface area contributed by atoms with Crippen LogP contribution in [0, 0.1) is 5.41 Å². The monoisotopic (exact) mass is 384 g/mol. The van der Waals surface area contributed by atoms with Crippen LogP contribution >= 0.6 is 0 Å². The van der Waals surface area contributed by atoms with E-state index in [-0.39, 0.29) is 40.9 Å². The van der Waals surface area contributed by atoms with Gasteiger partial charge in [0.25, 0.3) is 11.8 Å². The number of hydrogen-bond acceptors (Lipinski definition) is 5. The number of hydrogen-bond donors (Lipinski definition) is 2. The van der Waals surface area contributed by atoms with E-state index in [4.69, 9.17) is 10.5 Å². The molecule has 1 aliphatic heterocycles. The molecule has 1 saturated heterocycles. The molecule has 4 fully saturated rings. The average molecular weight is 384 g/mol. The van der Waals surface area contributed by atoms with Crippen molar-refractivity contribution in [2.45, 2.75) is 69.1 Å². The summed E-state index contributed by atoms with van der Waals surface area (Å²) in [6.45, 7) is 0. The van der Waals surface area contributed by atoms with Crippen molar-refractivity contribution in [1.82, 2.24) is 15.2 Å². The fraction of sp³-hybridized carbons (Fsp3) is 0.600. The molecule has 2 spiro atoms. The van der Waals surface area contributed by atoms with Crippen molar-refractivity contribution in [3.8, 4) is 5.88 Å². The first kappa shape index (κ1) is 17.5. The molecule has 0 aromatic carbocycles. The van der Waals surface area contributed by atoms with Crippen LogP contribution in [-0.4, -0.2) is 45.4 Å². The Morgan fingerprint density at radius 2 is 1.93 bits per heavy atom. The van der Waals surface area contributed by atoms with Crippen molar-refractivity contribution in [2.24, 2.45) is 11.1 Å². The molecule has 148 valence electrons. The first-order valence-corrected chi connectivity index (χ1v) is 9.99. The first-order chi connectivity index (χ1) is 13.4. The fourth-order valence-corrected chi connectivity index (χ4v) is 5.57. The van der Waals surface area contributed by atoms with Gasteiger partial charge in [-0.25, -0.2) is 9.78 Å². The van der Waals surface area contributed by atoms with Gasteiger partial charge in [0.2, 0.25) is 5.88 Å². The Hall–Kier alpha value is -2.64. The van der Waals surface area contributed by atoms with Gasteiger partial charge in [-0.05, 0) is 56.1 Å². The molecular formula is C20H24N4O4. The summed E-state index contributed by atoms with van der Waals surface area (Å²) in [5, 5.41) is 2.96. The minimum Gasteiger partial charge on any atom is -0.474 e. The zero-order valence-corrected chi connectivity index (χ0v) is 15.6. The summed E-state index contributed by atoms with van der Waals surface area (Å²) in [4.78, 5) is 42.4. The molecule has 0 bridgehead atoms. The molecule has 4 amide bonds. The van der Waals surface area contributed by atoms with E-state index in [1.165, 1.54) is 4.90 Å². The molecule has 8 heteroatoms. The Kier molecular flexibility index (Phi) is 3.70. The molecule has 2 heterocycles. The predicted octanol–water partition coefficient (Wildman–Crippen LogP) is 1.74. The molecule has 0 unspecified atom stereocenters. The Bertz CT molecular complexity index is 850. The third-order valence-electron chi connectivity index (χ3n) is 6.99. The highest BCUT2D eigenvalue weighted by Gasteiger charge is 2.61. The molecule has 4 aliphatic rings. The second-order valence-electron chi connectivity index (χ2n) is 8.83. The Morgan fingerprint density at radius 1 is 1.21 bits per heavy atom. The van der Waals surface area contributed by atoms with Gasteiger partial charge in [-0.2, -0.15) is 0 Å². The number of pyridine rings is 1. The molecule has 1 aromatic heterocycles. The van der Waals surface area contributed by atoms with E-state index in [1.807, 2.05) is 0 Å². The Balaban J connectivity index is 1.18. The summed E-state index contributed by atoms with van der Waals surface area (Å²) < 4.78 is 5.88. The number of carbonyl (C=O) groups excluding carboxylic acids is 3. The van der Waals surface area contributed by atoms with E-state index in [1.54, 1.807) is 18.3 Å². The summed E-state index contributed by atoms with van der Waals surface area (Å²) in [7, 11) is 0. The summed E-state index contributed by atoms with van der Waals surface area (Å²) in [5.74, 6) is -0.301. The molecule has 8 nitrogen and oxygen atoms in total. The number of primary amides is 1. The molecule has 0 atom stereocenters. The molecule has 28 heavy (non-hydrogen) atoms. The number of carbonyl (C=O) groups is 3. The summed E-state index contributed by atoms with van der Waals surface area (Å²) in [6.07, 6.45) is 8.40. The highest BCUT2D eigenvalue weighted by atomic mass is 16.5. The van der Waals surface area contributed by atoms with E-state index in [0.717, 1.165) is 51.4 Å². The van der Waals surface area contributed by atoms with Crippen LogP contribution in [0.4, 0.5) is 4.79 Å². The van der Waals surface area contributed by atoms with Gasteiger partial charge in [0, 0.05) is 12.2 Å². The van der Waals surface area contributed by atoms with Crippen LogP contribution in [0.2, 0.25) is 0 Å². The smallest absolute Gasteiger partial charge is 0.325 e. The third-order valence-corrected chi connectivity index (χ3v) is 6.99. The number of nitrogens with one attached hydrogen (secondary N) is 1. The Labute approximate surface area is 162 Å². The number of amides is 4. The van der Waals surface area contributed by atoms with E-state index < -0.39 is 11.4 Å². The minimum absolute atomic E-state index is 0.00976. The number of ether oxygens (including phenoxy) is 1. The van der Waals surface area contributed by atoms with Gasteiger partial charge in [-0.15, -0.1) is 0 Å². The molecule has 3 aliphatic carbocycles. The van der Waals surface area contributed by atoms with Crippen LogP contribution in [0.25, 0.3) is 0 Å². The quantitative estimate of drug-likeness (QED) is 0.768. The van der Waals surface area contributed by atoms with Crippen LogP contribution in [0.5, 0.6) is 5.88 Å². The lowest BCUT2D eigenvalue weighted by atomic mass is 9.52. The van der Waals surface area contributed by atoms with Gasteiger partial charge in [-0.3, -0.25) is 14.5 Å². The summed E-state index contributed by atoms with van der Waals surface area (Å²) >= 11 is 0. The van der Waals surface area contributed by atoms with Gasteiger partial charge < -0.3 is 15.8 Å². The van der Waals surface area contributed by atoms with Gasteiger partial charge in [-0.1, -0.05) is 12.8 Å². The highest BCUT2D eigenvalue weighted by Crippen LogP contribution is 2.58. The lowest BCUT2D eigenvalue weighted by Crippen LogP contribution is -2.60. The van der Waals surface area contributed by atoms with Crippen LogP contribution in [0.3, 0.4) is 0 Å². The van der Waals surface area contributed by atoms with Crippen LogP contribution in [0.1, 0.15) is 61.7 Å². The van der Waals surface area contributed by atoms with Crippen molar-refractivity contribution in [2.75, 3.05) is 0 Å². The normalized spacial score (nSPS) is 32.9. The lowest BCUT2D eigenvalue weighted by Gasteiger charge is -2.58. The lowest BCUT2D eigenvalue weighted by molar-refractivity contribution is -0.143. The third kappa shape index (κ3) is 2.50. The SMILES string of the molecule is NC(=O)c1cccnc1OC1CC2(C1)CC(N1C(=O)NC3(CCCC3)C1=O)C2. The maximum Gasteiger partial charge on any atom is 0.325 e. The van der Waals surface area contributed by atoms with E-state index in [2.05, 4.69) is 10.3 Å². The predicted molar refractivity (Wildman–Crippen MR) is 98.4 cm³/mol. The maximum absolute atomic E-state index is 12.9. The molecular weight excluding hydrogens is 360 g/mol. The van der Waals surface area contributed by atoms with Crippen molar-refractivity contribution in [3.63, 3.8) is 0 Å². The number of imide groups is 1. The molecule has 5 rings (SSSR count). The van der Waals surface area contributed by atoms with Gasteiger partial charge in [0.05, 0.1) is 0 Å². The highest BCUT2D eigenvalue weighted by molar-refractivity contribution is 6.07. The van der Waals surface area contributed by atoms with Gasteiger partial charge in [0.15, 0.2) is 0 Å². The second kappa shape index (κ2) is 5.93. The number of rotatable bonds is 4. The van der Waals surface area contributed by atoms with Crippen molar-refractivity contribution in [1.29, 1.82) is 0 Å².